The first kappa shape index (κ1) is 15.4. The second kappa shape index (κ2) is 5.41. The lowest BCUT2D eigenvalue weighted by Crippen LogP contribution is -2.59. The number of carbonyl (C=O) groups excluding carboxylic acids is 1. The van der Waals surface area contributed by atoms with Gasteiger partial charge in [0.05, 0.1) is 11.4 Å². The van der Waals surface area contributed by atoms with Crippen molar-refractivity contribution in [1.29, 1.82) is 0 Å². The van der Waals surface area contributed by atoms with Gasteiger partial charge in [-0.3, -0.25) is 9.59 Å². The summed E-state index contributed by atoms with van der Waals surface area (Å²) in [6.45, 7) is 0.517. The lowest BCUT2D eigenvalue weighted by Gasteiger charge is -2.32. The Bertz CT molecular complexity index is 704. The smallest absolute Gasteiger partial charge is 0.323 e. The molecule has 0 aliphatic carbocycles. The number of halogens is 1. The molecule has 1 fully saturated rings. The molecular formula is C12H13FN2O5S. The van der Waals surface area contributed by atoms with E-state index >= 15 is 0 Å². The number of carbonyl (C=O) groups is 2. The number of hydrogen-bond acceptors (Lipinski definition) is 4. The van der Waals surface area contributed by atoms with Crippen molar-refractivity contribution in [2.24, 2.45) is 0 Å². The summed E-state index contributed by atoms with van der Waals surface area (Å²) in [6.07, 6.45) is 0. The fourth-order valence-electron chi connectivity index (χ4n) is 2.06. The number of carboxylic acid groups (broad SMARTS) is 1. The lowest BCUT2D eigenvalue weighted by molar-refractivity contribution is -0.143. The van der Waals surface area contributed by atoms with Crippen LogP contribution in [0, 0.1) is 12.7 Å². The fourth-order valence-corrected chi connectivity index (χ4v) is 3.84. The average molecular weight is 316 g/mol. The minimum absolute atomic E-state index is 0.270. The quantitative estimate of drug-likeness (QED) is 0.797. The number of nitrogens with one attached hydrogen (secondary N) is 1. The third kappa shape index (κ3) is 2.88. The summed E-state index contributed by atoms with van der Waals surface area (Å²) in [5, 5.41) is 11.4. The van der Waals surface area contributed by atoms with Gasteiger partial charge in [0.25, 0.3) is 0 Å². The third-order valence-electron chi connectivity index (χ3n) is 3.16. The highest BCUT2D eigenvalue weighted by Crippen LogP contribution is 2.23. The van der Waals surface area contributed by atoms with E-state index in [0.717, 1.165) is 12.1 Å². The van der Waals surface area contributed by atoms with Crippen LogP contribution in [0.3, 0.4) is 0 Å². The van der Waals surface area contributed by atoms with Gasteiger partial charge in [0.1, 0.15) is 11.9 Å². The molecule has 1 aliphatic heterocycles. The average Bonchev–Trinajstić information content (AvgIpc) is 2.41. The van der Waals surface area contributed by atoms with E-state index in [4.69, 9.17) is 5.11 Å². The van der Waals surface area contributed by atoms with E-state index in [9.17, 15) is 22.4 Å². The summed E-state index contributed by atoms with van der Waals surface area (Å²) in [5.74, 6) is -2.75. The summed E-state index contributed by atoms with van der Waals surface area (Å²) in [6, 6.07) is 1.78. The number of nitrogens with zero attached hydrogens (tertiary/aromatic N) is 1. The van der Waals surface area contributed by atoms with Crippen molar-refractivity contribution in [1.82, 2.24) is 9.62 Å². The van der Waals surface area contributed by atoms with Gasteiger partial charge in [-0.05, 0) is 24.6 Å². The minimum atomic E-state index is -4.29. The molecule has 1 aliphatic rings. The fraction of sp³-hybridized carbons (Fsp3) is 0.333. The Hall–Kier alpha value is -2.00. The molecule has 1 aromatic rings. The van der Waals surface area contributed by atoms with Gasteiger partial charge >= 0.3 is 5.97 Å². The van der Waals surface area contributed by atoms with Gasteiger partial charge in [-0.25, -0.2) is 12.8 Å². The van der Waals surface area contributed by atoms with Gasteiger partial charge in [-0.1, -0.05) is 6.07 Å². The van der Waals surface area contributed by atoms with Crippen molar-refractivity contribution in [2.75, 3.05) is 13.1 Å². The van der Waals surface area contributed by atoms with Crippen molar-refractivity contribution in [3.8, 4) is 0 Å². The van der Waals surface area contributed by atoms with Crippen molar-refractivity contribution >= 4 is 21.9 Å². The molecular weight excluding hydrogens is 303 g/mol. The summed E-state index contributed by atoms with van der Waals surface area (Å²) in [4.78, 5) is 22.2. The van der Waals surface area contributed by atoms with Crippen molar-refractivity contribution in [3.63, 3.8) is 0 Å². The Labute approximate surface area is 120 Å². The molecule has 0 spiro atoms. The first-order valence-electron chi connectivity index (χ1n) is 6.01. The molecule has 1 unspecified atom stereocenters. The normalized spacial score (nSPS) is 20.1. The Kier molecular flexibility index (Phi) is 3.97. The second-order valence-electron chi connectivity index (χ2n) is 4.62. The predicted octanol–water partition coefficient (Wildman–Crippen LogP) is -0.292. The maximum Gasteiger partial charge on any atom is 0.323 e. The molecule has 7 nitrogen and oxygen atoms in total. The molecule has 1 amide bonds. The van der Waals surface area contributed by atoms with Crippen LogP contribution in [-0.4, -0.2) is 48.8 Å². The van der Waals surface area contributed by atoms with E-state index in [1.807, 2.05) is 0 Å². The number of aliphatic carboxylic acids is 1. The van der Waals surface area contributed by atoms with Crippen LogP contribution in [0.25, 0.3) is 0 Å². The number of piperazine rings is 1. The van der Waals surface area contributed by atoms with Gasteiger partial charge in [0, 0.05) is 6.54 Å². The molecule has 1 heterocycles. The molecule has 21 heavy (non-hydrogen) atoms. The highest BCUT2D eigenvalue weighted by Gasteiger charge is 2.41. The molecule has 1 aromatic carbocycles. The van der Waals surface area contributed by atoms with E-state index in [1.54, 1.807) is 0 Å². The van der Waals surface area contributed by atoms with Crippen LogP contribution in [0.2, 0.25) is 0 Å². The number of aryl methyl sites for hydroxylation is 1. The largest absolute Gasteiger partial charge is 0.480 e. The van der Waals surface area contributed by atoms with Crippen LogP contribution in [-0.2, 0) is 19.6 Å². The van der Waals surface area contributed by atoms with E-state index in [-0.39, 0.29) is 17.0 Å². The van der Waals surface area contributed by atoms with Crippen LogP contribution in [0.15, 0.2) is 23.1 Å². The first-order chi connectivity index (χ1) is 9.73. The molecule has 0 aromatic heterocycles. The van der Waals surface area contributed by atoms with Gasteiger partial charge < -0.3 is 10.4 Å². The molecule has 1 saturated heterocycles. The van der Waals surface area contributed by atoms with Crippen LogP contribution < -0.4 is 5.32 Å². The molecule has 0 bridgehead atoms. The molecule has 2 rings (SSSR count). The maximum atomic E-state index is 13.3. The van der Waals surface area contributed by atoms with Gasteiger partial charge in [-0.15, -0.1) is 0 Å². The Morgan fingerprint density at radius 2 is 2.14 bits per heavy atom. The van der Waals surface area contributed by atoms with Crippen LogP contribution in [0.5, 0.6) is 0 Å². The minimum Gasteiger partial charge on any atom is -0.480 e. The van der Waals surface area contributed by atoms with E-state index < -0.39 is 40.3 Å². The van der Waals surface area contributed by atoms with E-state index in [1.165, 1.54) is 13.0 Å². The third-order valence-corrected chi connectivity index (χ3v) is 5.16. The Balaban J connectivity index is 2.52. The van der Waals surface area contributed by atoms with Crippen molar-refractivity contribution < 1.29 is 27.5 Å². The van der Waals surface area contributed by atoms with Gasteiger partial charge in [0.2, 0.25) is 15.9 Å². The molecule has 9 heteroatoms. The number of benzene rings is 1. The second-order valence-corrected chi connectivity index (χ2v) is 6.48. The Morgan fingerprint density at radius 1 is 1.48 bits per heavy atom. The van der Waals surface area contributed by atoms with Crippen molar-refractivity contribution in [3.05, 3.63) is 29.6 Å². The maximum absolute atomic E-state index is 13.3. The number of hydrogen-bond donors (Lipinski definition) is 2. The summed E-state index contributed by atoms with van der Waals surface area (Å²) < 4.78 is 39.0. The highest BCUT2D eigenvalue weighted by molar-refractivity contribution is 7.89. The first-order valence-corrected chi connectivity index (χ1v) is 7.45. The predicted molar refractivity (Wildman–Crippen MR) is 69.5 cm³/mol. The van der Waals surface area contributed by atoms with E-state index in [0.29, 0.717) is 4.31 Å². The topological polar surface area (TPSA) is 104 Å². The summed E-state index contributed by atoms with van der Waals surface area (Å²) >= 11 is 0. The highest BCUT2D eigenvalue weighted by atomic mass is 32.2. The molecule has 0 saturated carbocycles. The molecule has 0 radical (unpaired) electrons. The number of rotatable bonds is 3. The zero-order valence-corrected chi connectivity index (χ0v) is 11.9. The zero-order valence-electron chi connectivity index (χ0n) is 11.0. The van der Waals surface area contributed by atoms with Crippen LogP contribution >= 0.6 is 0 Å². The van der Waals surface area contributed by atoms with Crippen LogP contribution in [0.4, 0.5) is 4.39 Å². The number of sulfonamides is 1. The summed E-state index contributed by atoms with van der Waals surface area (Å²) in [7, 11) is -4.29. The lowest BCUT2D eigenvalue weighted by atomic mass is 10.2. The monoisotopic (exact) mass is 316 g/mol. The van der Waals surface area contributed by atoms with E-state index in [2.05, 4.69) is 5.32 Å². The molecule has 1 atom stereocenters. The molecule has 114 valence electrons. The van der Waals surface area contributed by atoms with Crippen LogP contribution in [0.1, 0.15) is 5.56 Å². The number of carboxylic acids is 1. The van der Waals surface area contributed by atoms with Crippen molar-refractivity contribution in [2.45, 2.75) is 17.9 Å². The van der Waals surface area contributed by atoms with Gasteiger partial charge in [-0.2, -0.15) is 4.31 Å². The Morgan fingerprint density at radius 3 is 2.76 bits per heavy atom. The summed E-state index contributed by atoms with van der Waals surface area (Å²) in [5.41, 5.74) is 0.270. The molecule has 2 N–H and O–H groups in total. The zero-order chi connectivity index (χ0) is 15.8. The number of amides is 1. The SMILES string of the molecule is Cc1ccc(F)cc1S(=O)(=O)N1CC(=O)NCC1C(=O)O. The van der Waals surface area contributed by atoms with Gasteiger partial charge in [0.15, 0.2) is 0 Å². The standard InChI is InChI=1S/C12H13FN2O5S/c1-7-2-3-8(13)4-10(7)21(19,20)15-6-11(16)14-5-9(15)12(17)18/h2-4,9H,5-6H2,1H3,(H,14,16)(H,17,18).